The third kappa shape index (κ3) is 22.4. The molecule has 0 aromatic carbocycles. The number of primary amides is 2. The van der Waals surface area contributed by atoms with Gasteiger partial charge in [-0.3, -0.25) is 0 Å². The lowest BCUT2D eigenvalue weighted by molar-refractivity contribution is 0.159. The van der Waals surface area contributed by atoms with Gasteiger partial charge in [0.2, 0.25) is 0 Å². The molecular formula is C6H16N4O4. The van der Waals surface area contributed by atoms with E-state index in [-0.39, 0.29) is 0 Å². The Hall–Kier alpha value is -1.54. The maximum Gasteiger partial charge on any atom is 0.314 e. The minimum absolute atomic E-state index is 0.713. The molecule has 84 valence electrons. The fourth-order valence-electron chi connectivity index (χ4n) is 0.412. The second-order valence-corrected chi connectivity index (χ2v) is 2.37. The van der Waals surface area contributed by atoms with Crippen molar-refractivity contribution in [3.8, 4) is 0 Å². The summed E-state index contributed by atoms with van der Waals surface area (Å²) in [7, 11) is 0. The SMILES string of the molecule is CC(O)NC(N)=O.CC(O)NC(N)=O. The maximum absolute atomic E-state index is 9.76. The van der Waals surface area contributed by atoms with Crippen molar-refractivity contribution in [3.05, 3.63) is 0 Å². The molecule has 0 aliphatic carbocycles. The highest BCUT2D eigenvalue weighted by molar-refractivity contribution is 5.71. The number of aliphatic hydroxyl groups excluding tert-OH is 2. The van der Waals surface area contributed by atoms with Crippen LogP contribution in [0.2, 0.25) is 0 Å². The van der Waals surface area contributed by atoms with Crippen molar-refractivity contribution < 1.29 is 19.8 Å². The lowest BCUT2D eigenvalue weighted by atomic mass is 10.7. The monoisotopic (exact) mass is 208 g/mol. The average Bonchev–Trinajstić information content (AvgIpc) is 1.79. The topological polar surface area (TPSA) is 151 Å². The minimum atomic E-state index is -0.850. The number of carbonyl (C=O) groups is 2. The molecule has 8 nitrogen and oxygen atoms in total. The standard InChI is InChI=1S/2C3H8N2O2/c2*1-2(6)5-3(4)7/h2*2,6H,1H3,(H3,4,5,7). The minimum Gasteiger partial charge on any atom is -0.374 e. The molecule has 0 aromatic heterocycles. The summed E-state index contributed by atoms with van der Waals surface area (Å²) in [5.74, 6) is 0. The van der Waals surface area contributed by atoms with Crippen molar-refractivity contribution in [3.63, 3.8) is 0 Å². The predicted octanol–water partition coefficient (Wildman–Crippen LogP) is -2.01. The smallest absolute Gasteiger partial charge is 0.314 e. The quantitative estimate of drug-likeness (QED) is 0.290. The number of amides is 4. The predicted molar refractivity (Wildman–Crippen MR) is 48.8 cm³/mol. The van der Waals surface area contributed by atoms with E-state index in [1.54, 1.807) is 0 Å². The average molecular weight is 208 g/mol. The van der Waals surface area contributed by atoms with E-state index in [0.717, 1.165) is 0 Å². The molecule has 0 aliphatic rings. The van der Waals surface area contributed by atoms with E-state index in [2.05, 4.69) is 11.5 Å². The van der Waals surface area contributed by atoms with E-state index in [4.69, 9.17) is 10.2 Å². The highest BCUT2D eigenvalue weighted by Gasteiger charge is 1.93. The molecular weight excluding hydrogens is 192 g/mol. The van der Waals surface area contributed by atoms with Crippen molar-refractivity contribution in [1.29, 1.82) is 0 Å². The van der Waals surface area contributed by atoms with Gasteiger partial charge in [0, 0.05) is 0 Å². The van der Waals surface area contributed by atoms with Crippen LogP contribution in [0.3, 0.4) is 0 Å². The van der Waals surface area contributed by atoms with Crippen LogP contribution in [-0.2, 0) is 0 Å². The van der Waals surface area contributed by atoms with Gasteiger partial charge in [0.15, 0.2) is 0 Å². The van der Waals surface area contributed by atoms with Crippen LogP contribution in [0.1, 0.15) is 13.8 Å². The Balaban J connectivity index is 0. The number of urea groups is 2. The summed E-state index contributed by atoms with van der Waals surface area (Å²) in [6.45, 7) is 2.82. The first-order valence-electron chi connectivity index (χ1n) is 3.73. The normalized spacial score (nSPS) is 12.9. The van der Waals surface area contributed by atoms with E-state index in [9.17, 15) is 9.59 Å². The number of nitrogens with one attached hydrogen (secondary N) is 2. The van der Waals surface area contributed by atoms with E-state index in [1.807, 2.05) is 10.6 Å². The van der Waals surface area contributed by atoms with E-state index >= 15 is 0 Å². The van der Waals surface area contributed by atoms with Crippen LogP contribution in [0.25, 0.3) is 0 Å². The molecule has 8 N–H and O–H groups in total. The Bertz CT molecular complexity index is 163. The van der Waals surface area contributed by atoms with Gasteiger partial charge in [-0.2, -0.15) is 0 Å². The molecule has 2 unspecified atom stereocenters. The maximum atomic E-state index is 9.76. The van der Waals surface area contributed by atoms with Crippen LogP contribution in [-0.4, -0.2) is 34.7 Å². The first kappa shape index (κ1) is 15.0. The largest absolute Gasteiger partial charge is 0.374 e. The van der Waals surface area contributed by atoms with Crippen molar-refractivity contribution in [2.45, 2.75) is 26.3 Å². The summed E-state index contributed by atoms with van der Waals surface area (Å²) in [6, 6.07) is -1.43. The van der Waals surface area contributed by atoms with Crippen LogP contribution in [0.5, 0.6) is 0 Å². The molecule has 0 fully saturated rings. The van der Waals surface area contributed by atoms with Gasteiger partial charge < -0.3 is 32.3 Å². The molecule has 0 spiro atoms. The fourth-order valence-corrected chi connectivity index (χ4v) is 0.412. The Morgan fingerprint density at radius 2 is 1.21 bits per heavy atom. The van der Waals surface area contributed by atoms with Crippen molar-refractivity contribution in [2.75, 3.05) is 0 Å². The van der Waals surface area contributed by atoms with Gasteiger partial charge in [-0.05, 0) is 13.8 Å². The summed E-state index contributed by atoms with van der Waals surface area (Å²) in [4.78, 5) is 19.5. The molecule has 0 radical (unpaired) electrons. The van der Waals surface area contributed by atoms with Gasteiger partial charge in [-0.25, -0.2) is 9.59 Å². The zero-order valence-electron chi connectivity index (χ0n) is 8.02. The lowest BCUT2D eigenvalue weighted by Gasteiger charge is -2.00. The summed E-state index contributed by atoms with van der Waals surface area (Å²) in [5, 5.41) is 20.6. The Kier molecular flexibility index (Phi) is 8.63. The van der Waals surface area contributed by atoms with Crippen LogP contribution in [0.4, 0.5) is 9.59 Å². The van der Waals surface area contributed by atoms with Crippen LogP contribution >= 0.6 is 0 Å². The Labute approximate surface area is 81.3 Å². The summed E-state index contributed by atoms with van der Waals surface area (Å²) in [6.07, 6.45) is -1.70. The van der Waals surface area contributed by atoms with Gasteiger partial charge >= 0.3 is 12.1 Å². The van der Waals surface area contributed by atoms with Gasteiger partial charge in [-0.15, -0.1) is 0 Å². The lowest BCUT2D eigenvalue weighted by Crippen LogP contribution is -2.36. The van der Waals surface area contributed by atoms with Crippen LogP contribution in [0, 0.1) is 0 Å². The highest BCUT2D eigenvalue weighted by Crippen LogP contribution is 1.66. The zero-order valence-corrected chi connectivity index (χ0v) is 8.02. The molecule has 0 bridgehead atoms. The van der Waals surface area contributed by atoms with Gasteiger partial charge in [-0.1, -0.05) is 0 Å². The molecule has 8 heteroatoms. The highest BCUT2D eigenvalue weighted by atomic mass is 16.3. The van der Waals surface area contributed by atoms with E-state index < -0.39 is 24.5 Å². The van der Waals surface area contributed by atoms with Gasteiger partial charge in [0.1, 0.15) is 12.5 Å². The fraction of sp³-hybridized carbons (Fsp3) is 0.667. The number of hydrogen-bond acceptors (Lipinski definition) is 4. The molecule has 0 saturated carbocycles. The number of rotatable bonds is 2. The van der Waals surface area contributed by atoms with Gasteiger partial charge in [0.05, 0.1) is 0 Å². The summed E-state index contributed by atoms with van der Waals surface area (Å²) >= 11 is 0. The number of hydrogen-bond donors (Lipinski definition) is 6. The Morgan fingerprint density at radius 1 is 1.00 bits per heavy atom. The third-order valence-electron chi connectivity index (χ3n) is 0.702. The van der Waals surface area contributed by atoms with Crippen molar-refractivity contribution in [1.82, 2.24) is 10.6 Å². The first-order chi connectivity index (χ1) is 6.25. The first-order valence-corrected chi connectivity index (χ1v) is 3.73. The number of carbonyl (C=O) groups excluding carboxylic acids is 2. The van der Waals surface area contributed by atoms with E-state index in [1.165, 1.54) is 13.8 Å². The molecule has 2 atom stereocenters. The second kappa shape index (κ2) is 8.08. The molecule has 4 amide bonds. The number of aliphatic hydroxyl groups is 2. The molecule has 0 saturated heterocycles. The molecule has 0 aromatic rings. The van der Waals surface area contributed by atoms with Crippen LogP contribution < -0.4 is 22.1 Å². The van der Waals surface area contributed by atoms with Gasteiger partial charge in [0.25, 0.3) is 0 Å². The summed E-state index contributed by atoms with van der Waals surface area (Å²) in [5.41, 5.74) is 9.17. The molecule has 14 heavy (non-hydrogen) atoms. The van der Waals surface area contributed by atoms with E-state index in [0.29, 0.717) is 0 Å². The molecule has 0 rings (SSSR count). The van der Waals surface area contributed by atoms with Crippen LogP contribution in [0.15, 0.2) is 0 Å². The third-order valence-corrected chi connectivity index (χ3v) is 0.702. The zero-order chi connectivity index (χ0) is 11.7. The Morgan fingerprint density at radius 3 is 1.21 bits per heavy atom. The second-order valence-electron chi connectivity index (χ2n) is 2.37. The van der Waals surface area contributed by atoms with Crippen molar-refractivity contribution in [2.24, 2.45) is 11.5 Å². The molecule has 0 heterocycles. The molecule has 0 aliphatic heterocycles. The summed E-state index contributed by atoms with van der Waals surface area (Å²) < 4.78 is 0. The number of nitrogens with two attached hydrogens (primary N) is 2. The van der Waals surface area contributed by atoms with Crippen molar-refractivity contribution >= 4 is 12.1 Å².